The molecule has 5 nitrogen and oxygen atoms in total. The van der Waals surface area contributed by atoms with Gasteiger partial charge in [-0.3, -0.25) is 0 Å². The minimum Gasteiger partial charge on any atom is -0.476 e. The van der Waals surface area contributed by atoms with Gasteiger partial charge in [0.15, 0.2) is 12.1 Å². The van der Waals surface area contributed by atoms with Crippen LogP contribution in [0.1, 0.15) is 22.2 Å². The highest BCUT2D eigenvalue weighted by atomic mass is 16.4. The molecule has 0 unspecified atom stereocenters. The van der Waals surface area contributed by atoms with Crippen LogP contribution in [0, 0.1) is 0 Å². The standard InChI is InChI=1S/C7H8N2O3/c10-7(11)5-6(12-3-9-5)4-1-8-2-4/h3-4,8H,1-2H2,(H,10,11). The minimum atomic E-state index is -1.02. The summed E-state index contributed by atoms with van der Waals surface area (Å²) in [7, 11) is 0. The number of nitrogens with one attached hydrogen (secondary N) is 1. The second kappa shape index (κ2) is 2.60. The molecule has 0 bridgehead atoms. The van der Waals surface area contributed by atoms with Gasteiger partial charge in [-0.25, -0.2) is 9.78 Å². The molecule has 64 valence electrons. The third-order valence-electron chi connectivity index (χ3n) is 1.95. The van der Waals surface area contributed by atoms with Gasteiger partial charge in [-0.1, -0.05) is 0 Å². The van der Waals surface area contributed by atoms with Crippen molar-refractivity contribution in [3.63, 3.8) is 0 Å². The molecule has 2 N–H and O–H groups in total. The summed E-state index contributed by atoms with van der Waals surface area (Å²) in [6.07, 6.45) is 1.18. The SMILES string of the molecule is O=C(O)c1ncoc1C1CNC1. The first kappa shape index (κ1) is 7.30. The molecule has 0 saturated carbocycles. The van der Waals surface area contributed by atoms with Crippen LogP contribution >= 0.6 is 0 Å². The summed E-state index contributed by atoms with van der Waals surface area (Å²) in [5.41, 5.74) is 0.0431. The van der Waals surface area contributed by atoms with Gasteiger partial charge in [0.05, 0.1) is 0 Å². The number of carboxylic acids is 1. The second-order valence-electron chi connectivity index (χ2n) is 2.73. The second-order valence-corrected chi connectivity index (χ2v) is 2.73. The first-order valence-electron chi connectivity index (χ1n) is 3.66. The van der Waals surface area contributed by atoms with Crippen molar-refractivity contribution in [1.29, 1.82) is 0 Å². The Morgan fingerprint density at radius 1 is 1.75 bits per heavy atom. The molecule has 2 rings (SSSR count). The van der Waals surface area contributed by atoms with Gasteiger partial charge < -0.3 is 14.8 Å². The Kier molecular flexibility index (Phi) is 1.58. The summed E-state index contributed by atoms with van der Waals surface area (Å²) in [6.45, 7) is 1.55. The van der Waals surface area contributed by atoms with E-state index in [1.54, 1.807) is 0 Å². The largest absolute Gasteiger partial charge is 0.476 e. The van der Waals surface area contributed by atoms with E-state index in [-0.39, 0.29) is 11.6 Å². The molecule has 0 aromatic carbocycles. The molecule has 2 heterocycles. The Hall–Kier alpha value is -1.36. The number of nitrogens with zero attached hydrogens (tertiary/aromatic N) is 1. The minimum absolute atomic E-state index is 0.0431. The van der Waals surface area contributed by atoms with E-state index in [9.17, 15) is 4.79 Å². The van der Waals surface area contributed by atoms with Crippen LogP contribution in [0.5, 0.6) is 0 Å². The molecule has 1 aliphatic heterocycles. The zero-order valence-corrected chi connectivity index (χ0v) is 6.28. The van der Waals surface area contributed by atoms with Crippen LogP contribution in [0.3, 0.4) is 0 Å². The first-order valence-corrected chi connectivity index (χ1v) is 3.66. The fourth-order valence-electron chi connectivity index (χ4n) is 1.18. The van der Waals surface area contributed by atoms with Crippen LogP contribution in [0.25, 0.3) is 0 Å². The molecule has 0 spiro atoms. The van der Waals surface area contributed by atoms with E-state index in [4.69, 9.17) is 9.52 Å². The predicted octanol–water partition coefficient (Wildman–Crippen LogP) is 0.0596. The highest BCUT2D eigenvalue weighted by Crippen LogP contribution is 2.22. The lowest BCUT2D eigenvalue weighted by atomic mass is 9.99. The number of carboxylic acid groups (broad SMARTS) is 1. The number of hydrogen-bond donors (Lipinski definition) is 2. The molecule has 12 heavy (non-hydrogen) atoms. The summed E-state index contributed by atoms with van der Waals surface area (Å²) in [5.74, 6) is -0.356. The van der Waals surface area contributed by atoms with Crippen LogP contribution < -0.4 is 5.32 Å². The molecule has 1 aromatic heterocycles. The number of rotatable bonds is 2. The zero-order chi connectivity index (χ0) is 8.55. The van der Waals surface area contributed by atoms with Gasteiger partial charge in [0.25, 0.3) is 0 Å². The monoisotopic (exact) mass is 168 g/mol. The molecule has 5 heteroatoms. The lowest BCUT2D eigenvalue weighted by molar-refractivity contribution is 0.0687. The quantitative estimate of drug-likeness (QED) is 0.653. The lowest BCUT2D eigenvalue weighted by Crippen LogP contribution is -2.40. The predicted molar refractivity (Wildman–Crippen MR) is 39.1 cm³/mol. The van der Waals surface area contributed by atoms with Crippen LogP contribution in [0.15, 0.2) is 10.8 Å². The van der Waals surface area contributed by atoms with Crippen molar-refractivity contribution in [1.82, 2.24) is 10.3 Å². The van der Waals surface area contributed by atoms with Gasteiger partial charge in [0.1, 0.15) is 5.76 Å². The number of carbonyl (C=O) groups is 1. The van der Waals surface area contributed by atoms with Gasteiger partial charge in [0, 0.05) is 19.0 Å². The summed E-state index contributed by atoms with van der Waals surface area (Å²) in [4.78, 5) is 14.2. The third kappa shape index (κ3) is 0.984. The van der Waals surface area contributed by atoms with Gasteiger partial charge in [-0.05, 0) is 0 Å². The Morgan fingerprint density at radius 2 is 2.50 bits per heavy atom. The number of hydrogen-bond acceptors (Lipinski definition) is 4. The first-order chi connectivity index (χ1) is 5.79. The third-order valence-corrected chi connectivity index (χ3v) is 1.95. The molecular formula is C7H8N2O3. The van der Waals surface area contributed by atoms with Crippen LogP contribution in [0.2, 0.25) is 0 Å². The summed E-state index contributed by atoms with van der Waals surface area (Å²) < 4.78 is 5.00. The molecule has 0 radical (unpaired) electrons. The average Bonchev–Trinajstić information content (AvgIpc) is 2.31. The smallest absolute Gasteiger partial charge is 0.358 e. The Morgan fingerprint density at radius 3 is 3.00 bits per heavy atom. The maximum atomic E-state index is 10.6. The molecule has 1 aliphatic rings. The summed E-state index contributed by atoms with van der Waals surface area (Å²) >= 11 is 0. The van der Waals surface area contributed by atoms with E-state index in [1.807, 2.05) is 0 Å². The molecule has 0 atom stereocenters. The van der Waals surface area contributed by atoms with E-state index >= 15 is 0 Å². The maximum absolute atomic E-state index is 10.6. The summed E-state index contributed by atoms with van der Waals surface area (Å²) in [6, 6.07) is 0. The molecule has 0 aliphatic carbocycles. The topological polar surface area (TPSA) is 75.4 Å². The molecule has 1 saturated heterocycles. The van der Waals surface area contributed by atoms with Gasteiger partial charge in [0.2, 0.25) is 0 Å². The highest BCUT2D eigenvalue weighted by Gasteiger charge is 2.28. The Balaban J connectivity index is 2.29. The zero-order valence-electron chi connectivity index (χ0n) is 6.28. The molecule has 1 aromatic rings. The fourth-order valence-corrected chi connectivity index (χ4v) is 1.18. The Bertz CT molecular complexity index is 303. The van der Waals surface area contributed by atoms with Crippen LogP contribution in [-0.4, -0.2) is 29.1 Å². The highest BCUT2D eigenvalue weighted by molar-refractivity contribution is 5.86. The average molecular weight is 168 g/mol. The lowest BCUT2D eigenvalue weighted by Gasteiger charge is -2.24. The fraction of sp³-hybridized carbons (Fsp3) is 0.429. The molecule has 0 amide bonds. The number of oxazole rings is 1. The van der Waals surface area contributed by atoms with E-state index < -0.39 is 5.97 Å². The number of aromatic nitrogens is 1. The summed E-state index contributed by atoms with van der Waals surface area (Å²) in [5, 5.41) is 11.7. The maximum Gasteiger partial charge on any atom is 0.358 e. The molecule has 1 fully saturated rings. The normalized spacial score (nSPS) is 17.3. The van der Waals surface area contributed by atoms with E-state index in [0.29, 0.717) is 5.76 Å². The van der Waals surface area contributed by atoms with Crippen LogP contribution in [-0.2, 0) is 0 Å². The van der Waals surface area contributed by atoms with E-state index in [1.165, 1.54) is 6.39 Å². The van der Waals surface area contributed by atoms with Gasteiger partial charge in [-0.15, -0.1) is 0 Å². The molecular weight excluding hydrogens is 160 g/mol. The van der Waals surface area contributed by atoms with Crippen molar-refractivity contribution >= 4 is 5.97 Å². The van der Waals surface area contributed by atoms with Crippen molar-refractivity contribution in [3.05, 3.63) is 17.8 Å². The van der Waals surface area contributed by atoms with Crippen molar-refractivity contribution < 1.29 is 14.3 Å². The van der Waals surface area contributed by atoms with Crippen molar-refractivity contribution in [2.24, 2.45) is 0 Å². The van der Waals surface area contributed by atoms with E-state index in [2.05, 4.69) is 10.3 Å². The van der Waals surface area contributed by atoms with Crippen LogP contribution in [0.4, 0.5) is 0 Å². The van der Waals surface area contributed by atoms with E-state index in [0.717, 1.165) is 13.1 Å². The van der Waals surface area contributed by atoms with Crippen molar-refractivity contribution in [3.8, 4) is 0 Å². The van der Waals surface area contributed by atoms with Crippen molar-refractivity contribution in [2.75, 3.05) is 13.1 Å². The Labute approximate surface area is 68.4 Å². The van der Waals surface area contributed by atoms with Gasteiger partial charge in [-0.2, -0.15) is 0 Å². The van der Waals surface area contributed by atoms with Gasteiger partial charge >= 0.3 is 5.97 Å². The van der Waals surface area contributed by atoms with Crippen molar-refractivity contribution in [2.45, 2.75) is 5.92 Å². The number of aromatic carboxylic acids is 1.